The number of nitrogens with one attached hydrogen (secondary N) is 1. The highest BCUT2D eigenvalue weighted by Gasteiger charge is 2.19. The van der Waals surface area contributed by atoms with Crippen molar-refractivity contribution in [1.82, 2.24) is 4.90 Å². The quantitative estimate of drug-likeness (QED) is 0.691. The summed E-state index contributed by atoms with van der Waals surface area (Å²) in [6.45, 7) is 9.64. The molecule has 0 saturated heterocycles. The molecule has 2 aromatic rings. The normalized spacial score (nSPS) is 11.4. The van der Waals surface area contributed by atoms with Crippen molar-refractivity contribution in [3.63, 3.8) is 0 Å². The van der Waals surface area contributed by atoms with Crippen LogP contribution in [-0.4, -0.2) is 31.1 Å². The Bertz CT molecular complexity index is 919. The number of anilines is 1. The molecule has 28 heavy (non-hydrogen) atoms. The maximum absolute atomic E-state index is 12.9. The Hall–Kier alpha value is -2.54. The third-order valence-corrected chi connectivity index (χ3v) is 5.58. The van der Waals surface area contributed by atoms with Crippen LogP contribution in [0.25, 0.3) is 0 Å². The highest BCUT2D eigenvalue weighted by molar-refractivity contribution is 7.87. The van der Waals surface area contributed by atoms with Crippen molar-refractivity contribution < 1.29 is 17.4 Å². The van der Waals surface area contributed by atoms with Gasteiger partial charge >= 0.3 is 16.1 Å². The third kappa shape index (κ3) is 5.73. The minimum atomic E-state index is -3.59. The standard InChI is InChI=1S/C21H28N2O4S/c1-6-28(25,26)27-19-12-8-11-18(13-19)14-23(15(2)3)21(24)22-20-16(4)9-7-10-17(20)5/h7-13,15H,6,14H2,1-5H3,(H,22,24). The van der Waals surface area contributed by atoms with Crippen LogP contribution in [0, 0.1) is 13.8 Å². The van der Waals surface area contributed by atoms with E-state index in [4.69, 9.17) is 4.18 Å². The fraction of sp³-hybridized carbons (Fsp3) is 0.381. The number of urea groups is 1. The van der Waals surface area contributed by atoms with Gasteiger partial charge in [-0.15, -0.1) is 0 Å². The van der Waals surface area contributed by atoms with Gasteiger partial charge in [0.15, 0.2) is 0 Å². The molecule has 152 valence electrons. The van der Waals surface area contributed by atoms with E-state index in [9.17, 15) is 13.2 Å². The van der Waals surface area contributed by atoms with Crippen molar-refractivity contribution in [2.24, 2.45) is 0 Å². The molecule has 0 atom stereocenters. The van der Waals surface area contributed by atoms with Crippen LogP contribution in [0.5, 0.6) is 5.75 Å². The number of carbonyl (C=O) groups is 1. The van der Waals surface area contributed by atoms with E-state index in [-0.39, 0.29) is 23.6 Å². The van der Waals surface area contributed by atoms with Gasteiger partial charge in [0.2, 0.25) is 0 Å². The molecule has 2 amide bonds. The van der Waals surface area contributed by atoms with E-state index in [1.54, 1.807) is 23.1 Å². The predicted molar refractivity (Wildman–Crippen MR) is 112 cm³/mol. The monoisotopic (exact) mass is 404 g/mol. The van der Waals surface area contributed by atoms with Gasteiger partial charge in [-0.05, 0) is 63.4 Å². The molecule has 0 saturated carbocycles. The van der Waals surface area contributed by atoms with Gasteiger partial charge in [0.25, 0.3) is 0 Å². The first kappa shape index (κ1) is 21.8. The molecule has 0 aliphatic rings. The molecule has 7 heteroatoms. The second-order valence-electron chi connectivity index (χ2n) is 7.00. The summed E-state index contributed by atoms with van der Waals surface area (Å²) in [6.07, 6.45) is 0. The van der Waals surface area contributed by atoms with Gasteiger partial charge in [-0.2, -0.15) is 8.42 Å². The molecule has 2 rings (SSSR count). The van der Waals surface area contributed by atoms with Crippen molar-refractivity contribution in [2.45, 2.75) is 47.2 Å². The fourth-order valence-corrected chi connectivity index (χ4v) is 3.29. The van der Waals surface area contributed by atoms with Crippen molar-refractivity contribution in [3.05, 3.63) is 59.2 Å². The van der Waals surface area contributed by atoms with Crippen LogP contribution >= 0.6 is 0 Å². The zero-order valence-electron chi connectivity index (χ0n) is 17.0. The number of aryl methyl sites for hydroxylation is 2. The average molecular weight is 405 g/mol. The van der Waals surface area contributed by atoms with Crippen LogP contribution in [0.2, 0.25) is 0 Å². The second kappa shape index (κ2) is 9.10. The summed E-state index contributed by atoms with van der Waals surface area (Å²) in [7, 11) is -3.59. The van der Waals surface area contributed by atoms with Gasteiger partial charge in [0.05, 0.1) is 5.75 Å². The second-order valence-corrected chi connectivity index (χ2v) is 8.86. The fourth-order valence-electron chi connectivity index (χ4n) is 2.78. The van der Waals surface area contributed by atoms with Gasteiger partial charge in [0.1, 0.15) is 5.75 Å². The Balaban J connectivity index is 2.20. The van der Waals surface area contributed by atoms with Gasteiger partial charge < -0.3 is 14.4 Å². The topological polar surface area (TPSA) is 75.7 Å². The smallest absolute Gasteiger partial charge is 0.322 e. The summed E-state index contributed by atoms with van der Waals surface area (Å²) in [5.41, 5.74) is 3.59. The van der Waals surface area contributed by atoms with E-state index in [0.29, 0.717) is 6.54 Å². The Labute approximate surface area is 167 Å². The van der Waals surface area contributed by atoms with Crippen molar-refractivity contribution >= 4 is 21.8 Å². The largest absolute Gasteiger partial charge is 0.382 e. The van der Waals surface area contributed by atoms with E-state index < -0.39 is 10.1 Å². The molecule has 6 nitrogen and oxygen atoms in total. The molecule has 2 aromatic carbocycles. The van der Waals surface area contributed by atoms with Gasteiger partial charge in [0, 0.05) is 18.3 Å². The lowest BCUT2D eigenvalue weighted by Gasteiger charge is -2.28. The molecule has 0 heterocycles. The van der Waals surface area contributed by atoms with Crippen LogP contribution in [0.1, 0.15) is 37.5 Å². The van der Waals surface area contributed by atoms with E-state index in [0.717, 1.165) is 22.4 Å². The van der Waals surface area contributed by atoms with Crippen LogP contribution < -0.4 is 9.50 Å². The van der Waals surface area contributed by atoms with Gasteiger partial charge in [-0.3, -0.25) is 0 Å². The van der Waals surface area contributed by atoms with E-state index in [1.165, 1.54) is 6.92 Å². The first-order valence-corrected chi connectivity index (χ1v) is 10.9. The van der Waals surface area contributed by atoms with E-state index in [2.05, 4.69) is 5.32 Å². The van der Waals surface area contributed by atoms with Crippen LogP contribution in [-0.2, 0) is 16.7 Å². The third-order valence-electron chi connectivity index (χ3n) is 4.43. The summed E-state index contributed by atoms with van der Waals surface area (Å²) in [6, 6.07) is 12.4. The molecular formula is C21H28N2O4S. The lowest BCUT2D eigenvalue weighted by atomic mass is 10.1. The summed E-state index contributed by atoms with van der Waals surface area (Å²) in [4.78, 5) is 14.6. The SMILES string of the molecule is CCS(=O)(=O)Oc1cccc(CN(C(=O)Nc2c(C)cccc2C)C(C)C)c1. The summed E-state index contributed by atoms with van der Waals surface area (Å²) in [5, 5.41) is 3.00. The lowest BCUT2D eigenvalue weighted by molar-refractivity contribution is 0.193. The maximum Gasteiger partial charge on any atom is 0.322 e. The van der Waals surface area contributed by atoms with E-state index in [1.807, 2.05) is 52.0 Å². The zero-order chi connectivity index (χ0) is 20.9. The summed E-state index contributed by atoms with van der Waals surface area (Å²) < 4.78 is 28.5. The van der Waals surface area contributed by atoms with Crippen molar-refractivity contribution in [2.75, 3.05) is 11.1 Å². The number of benzene rings is 2. The molecular weight excluding hydrogens is 376 g/mol. The zero-order valence-corrected chi connectivity index (χ0v) is 17.8. The molecule has 0 radical (unpaired) electrons. The number of hydrogen-bond donors (Lipinski definition) is 1. The Morgan fingerprint density at radius 2 is 1.71 bits per heavy atom. The molecule has 0 fully saturated rings. The molecule has 0 unspecified atom stereocenters. The van der Waals surface area contributed by atoms with Crippen molar-refractivity contribution in [1.29, 1.82) is 0 Å². The molecule has 0 aliphatic heterocycles. The lowest BCUT2D eigenvalue weighted by Crippen LogP contribution is -2.39. The Morgan fingerprint density at radius 3 is 2.29 bits per heavy atom. The van der Waals surface area contributed by atoms with Crippen LogP contribution in [0.15, 0.2) is 42.5 Å². The van der Waals surface area contributed by atoms with Gasteiger partial charge in [-0.25, -0.2) is 4.79 Å². The number of rotatable bonds is 7. The number of carbonyl (C=O) groups excluding carboxylic acids is 1. The van der Waals surface area contributed by atoms with Crippen LogP contribution in [0.3, 0.4) is 0 Å². The molecule has 0 aromatic heterocycles. The molecule has 1 N–H and O–H groups in total. The van der Waals surface area contributed by atoms with E-state index >= 15 is 0 Å². The van der Waals surface area contributed by atoms with Crippen LogP contribution in [0.4, 0.5) is 10.5 Å². The Kier molecular flexibility index (Phi) is 7.07. The highest BCUT2D eigenvalue weighted by atomic mass is 32.2. The number of hydrogen-bond acceptors (Lipinski definition) is 4. The number of para-hydroxylation sites is 1. The number of nitrogens with zero attached hydrogens (tertiary/aromatic N) is 1. The summed E-state index contributed by atoms with van der Waals surface area (Å²) in [5.74, 6) is 0.145. The molecule has 0 bridgehead atoms. The first-order chi connectivity index (χ1) is 13.1. The van der Waals surface area contributed by atoms with Gasteiger partial charge in [-0.1, -0.05) is 30.3 Å². The Morgan fingerprint density at radius 1 is 1.11 bits per heavy atom. The summed E-state index contributed by atoms with van der Waals surface area (Å²) >= 11 is 0. The predicted octanol–water partition coefficient (Wildman–Crippen LogP) is 4.47. The first-order valence-electron chi connectivity index (χ1n) is 9.28. The maximum atomic E-state index is 12.9. The molecule has 0 spiro atoms. The highest BCUT2D eigenvalue weighted by Crippen LogP contribution is 2.22. The minimum absolute atomic E-state index is 0.0479. The molecule has 0 aliphatic carbocycles. The minimum Gasteiger partial charge on any atom is -0.382 e. The average Bonchev–Trinajstić information content (AvgIpc) is 2.62. The van der Waals surface area contributed by atoms with Crippen molar-refractivity contribution in [3.8, 4) is 5.75 Å². The number of amides is 2.